The van der Waals surface area contributed by atoms with Gasteiger partial charge < -0.3 is 11.1 Å². The van der Waals surface area contributed by atoms with Gasteiger partial charge in [0.05, 0.1) is 0 Å². The summed E-state index contributed by atoms with van der Waals surface area (Å²) in [6.45, 7) is 6.12. The summed E-state index contributed by atoms with van der Waals surface area (Å²) in [5, 5.41) is 7.73. The average molecular weight is 198 g/mol. The van der Waals surface area contributed by atoms with Crippen molar-refractivity contribution in [2.75, 3.05) is 6.54 Å². The van der Waals surface area contributed by atoms with E-state index < -0.39 is 0 Å². The summed E-state index contributed by atoms with van der Waals surface area (Å²) in [6, 6.07) is 0.291. The molecule has 13 heavy (non-hydrogen) atoms. The molecule has 0 bridgehead atoms. The molecule has 0 aromatic carbocycles. The van der Waals surface area contributed by atoms with Gasteiger partial charge in [0.25, 0.3) is 0 Å². The zero-order chi connectivity index (χ0) is 9.68. The third-order valence-electron chi connectivity index (χ3n) is 2.21. The molecule has 0 aliphatic heterocycles. The summed E-state index contributed by atoms with van der Waals surface area (Å²) >= 11 is 1.76. The molecule has 3 N–H and O–H groups in total. The first-order valence-electron chi connectivity index (χ1n) is 4.72. The molecule has 0 saturated heterocycles. The second-order valence-electron chi connectivity index (χ2n) is 3.38. The van der Waals surface area contributed by atoms with Gasteiger partial charge in [0, 0.05) is 19.1 Å². The molecule has 1 aromatic rings. The van der Waals surface area contributed by atoms with Crippen molar-refractivity contribution in [1.82, 2.24) is 5.32 Å². The molecular formula is C10H18N2S. The van der Waals surface area contributed by atoms with E-state index >= 15 is 0 Å². The lowest BCUT2D eigenvalue weighted by molar-refractivity contribution is 0.563. The third-order valence-corrected chi connectivity index (χ3v) is 3.12. The van der Waals surface area contributed by atoms with Crippen molar-refractivity contribution in [2.24, 2.45) is 5.73 Å². The molecule has 0 aliphatic carbocycles. The maximum atomic E-state index is 5.79. The molecule has 74 valence electrons. The lowest BCUT2D eigenvalue weighted by Crippen LogP contribution is -2.32. The SMILES string of the molecule is CCC(N)CNCc1cscc1C. The van der Waals surface area contributed by atoms with Crippen molar-refractivity contribution in [2.45, 2.75) is 32.9 Å². The number of rotatable bonds is 5. The Morgan fingerprint density at radius 1 is 1.54 bits per heavy atom. The Bertz CT molecular complexity index is 245. The number of aryl methyl sites for hydroxylation is 1. The van der Waals surface area contributed by atoms with Gasteiger partial charge in [-0.15, -0.1) is 0 Å². The van der Waals surface area contributed by atoms with Crippen LogP contribution >= 0.6 is 11.3 Å². The standard InChI is InChI=1S/C10H18N2S/c1-3-10(11)5-12-4-9-7-13-6-8(9)2/h6-7,10,12H,3-5,11H2,1-2H3. The largest absolute Gasteiger partial charge is 0.327 e. The van der Waals surface area contributed by atoms with Gasteiger partial charge in [-0.1, -0.05) is 6.92 Å². The Labute approximate surface area is 84.2 Å². The summed E-state index contributed by atoms with van der Waals surface area (Å²) < 4.78 is 0. The summed E-state index contributed by atoms with van der Waals surface area (Å²) in [4.78, 5) is 0. The van der Waals surface area contributed by atoms with Crippen LogP contribution in [0, 0.1) is 6.92 Å². The molecule has 0 amide bonds. The fourth-order valence-electron chi connectivity index (χ4n) is 1.10. The Kier molecular flexibility index (Phi) is 4.42. The number of hydrogen-bond acceptors (Lipinski definition) is 3. The van der Waals surface area contributed by atoms with Crippen LogP contribution in [0.2, 0.25) is 0 Å². The lowest BCUT2D eigenvalue weighted by atomic mass is 10.2. The molecule has 1 aromatic heterocycles. The minimum atomic E-state index is 0.291. The second-order valence-corrected chi connectivity index (χ2v) is 4.12. The van der Waals surface area contributed by atoms with Crippen LogP contribution in [0.15, 0.2) is 10.8 Å². The highest BCUT2D eigenvalue weighted by atomic mass is 32.1. The van der Waals surface area contributed by atoms with Crippen LogP contribution in [-0.4, -0.2) is 12.6 Å². The molecule has 1 atom stereocenters. The normalized spacial score (nSPS) is 13.2. The quantitative estimate of drug-likeness (QED) is 0.758. The first-order chi connectivity index (χ1) is 6.24. The van der Waals surface area contributed by atoms with Gasteiger partial charge in [0.2, 0.25) is 0 Å². The van der Waals surface area contributed by atoms with Crippen LogP contribution in [0.1, 0.15) is 24.5 Å². The third kappa shape index (κ3) is 3.46. The van der Waals surface area contributed by atoms with E-state index in [1.165, 1.54) is 11.1 Å². The van der Waals surface area contributed by atoms with Crippen molar-refractivity contribution in [3.63, 3.8) is 0 Å². The van der Waals surface area contributed by atoms with E-state index in [1.54, 1.807) is 11.3 Å². The van der Waals surface area contributed by atoms with E-state index in [0.717, 1.165) is 19.5 Å². The fraction of sp³-hybridized carbons (Fsp3) is 0.600. The Morgan fingerprint density at radius 3 is 2.85 bits per heavy atom. The van der Waals surface area contributed by atoms with Crippen LogP contribution in [0.5, 0.6) is 0 Å². The molecule has 2 nitrogen and oxygen atoms in total. The topological polar surface area (TPSA) is 38.0 Å². The molecule has 0 radical (unpaired) electrons. The Balaban J connectivity index is 2.24. The summed E-state index contributed by atoms with van der Waals surface area (Å²) in [5.74, 6) is 0. The highest BCUT2D eigenvalue weighted by Gasteiger charge is 2.00. The van der Waals surface area contributed by atoms with Crippen LogP contribution in [0.3, 0.4) is 0 Å². The first kappa shape index (κ1) is 10.7. The predicted molar refractivity (Wildman–Crippen MR) is 59.0 cm³/mol. The zero-order valence-corrected chi connectivity index (χ0v) is 9.16. The summed E-state index contributed by atoms with van der Waals surface area (Å²) in [7, 11) is 0. The summed E-state index contributed by atoms with van der Waals surface area (Å²) in [5.41, 5.74) is 8.56. The minimum Gasteiger partial charge on any atom is -0.327 e. The van der Waals surface area contributed by atoms with Crippen LogP contribution < -0.4 is 11.1 Å². The number of hydrogen-bond donors (Lipinski definition) is 2. The van der Waals surface area contributed by atoms with Gasteiger partial charge in [0.15, 0.2) is 0 Å². The lowest BCUT2D eigenvalue weighted by Gasteiger charge is -2.09. The molecule has 0 fully saturated rings. The summed E-state index contributed by atoms with van der Waals surface area (Å²) in [6.07, 6.45) is 1.04. The Hall–Kier alpha value is -0.380. The van der Waals surface area contributed by atoms with Gasteiger partial charge in [-0.05, 0) is 35.2 Å². The first-order valence-corrected chi connectivity index (χ1v) is 5.66. The van der Waals surface area contributed by atoms with Crippen molar-refractivity contribution in [3.05, 3.63) is 21.9 Å². The van der Waals surface area contributed by atoms with Crippen LogP contribution in [0.4, 0.5) is 0 Å². The average Bonchev–Trinajstić information content (AvgIpc) is 2.52. The fourth-order valence-corrected chi connectivity index (χ4v) is 1.96. The Morgan fingerprint density at radius 2 is 2.31 bits per heavy atom. The van der Waals surface area contributed by atoms with Crippen LogP contribution in [0.25, 0.3) is 0 Å². The van der Waals surface area contributed by atoms with E-state index in [1.807, 2.05) is 0 Å². The highest BCUT2D eigenvalue weighted by Crippen LogP contribution is 2.12. The van der Waals surface area contributed by atoms with Gasteiger partial charge >= 0.3 is 0 Å². The maximum absolute atomic E-state index is 5.79. The molecule has 1 rings (SSSR count). The molecule has 0 spiro atoms. The number of thiophene rings is 1. The van der Waals surface area contributed by atoms with Crippen molar-refractivity contribution in [3.8, 4) is 0 Å². The van der Waals surface area contributed by atoms with E-state index in [4.69, 9.17) is 5.73 Å². The number of nitrogens with two attached hydrogens (primary N) is 1. The smallest absolute Gasteiger partial charge is 0.0217 e. The van der Waals surface area contributed by atoms with Crippen molar-refractivity contribution >= 4 is 11.3 Å². The van der Waals surface area contributed by atoms with Gasteiger partial charge in [-0.2, -0.15) is 11.3 Å². The minimum absolute atomic E-state index is 0.291. The molecule has 1 unspecified atom stereocenters. The van der Waals surface area contributed by atoms with Crippen molar-refractivity contribution < 1.29 is 0 Å². The van der Waals surface area contributed by atoms with Gasteiger partial charge in [0.1, 0.15) is 0 Å². The zero-order valence-electron chi connectivity index (χ0n) is 8.34. The van der Waals surface area contributed by atoms with E-state index in [0.29, 0.717) is 6.04 Å². The van der Waals surface area contributed by atoms with E-state index in [2.05, 4.69) is 29.9 Å². The molecule has 3 heteroatoms. The van der Waals surface area contributed by atoms with Crippen LogP contribution in [-0.2, 0) is 6.54 Å². The second kappa shape index (κ2) is 5.37. The maximum Gasteiger partial charge on any atom is 0.0217 e. The van der Waals surface area contributed by atoms with E-state index in [-0.39, 0.29) is 0 Å². The van der Waals surface area contributed by atoms with E-state index in [9.17, 15) is 0 Å². The highest BCUT2D eigenvalue weighted by molar-refractivity contribution is 7.08. The van der Waals surface area contributed by atoms with Crippen molar-refractivity contribution in [1.29, 1.82) is 0 Å². The van der Waals surface area contributed by atoms with Gasteiger partial charge in [-0.25, -0.2) is 0 Å². The molecule has 1 heterocycles. The van der Waals surface area contributed by atoms with Gasteiger partial charge in [-0.3, -0.25) is 0 Å². The predicted octanol–water partition coefficient (Wildman–Crippen LogP) is 1.88. The molecular weight excluding hydrogens is 180 g/mol. The molecule has 0 aliphatic rings. The molecule has 0 saturated carbocycles. The monoisotopic (exact) mass is 198 g/mol. The number of nitrogens with one attached hydrogen (secondary N) is 1.